The van der Waals surface area contributed by atoms with Crippen molar-refractivity contribution >= 4 is 15.7 Å². The molecule has 5 nitrogen and oxygen atoms in total. The number of carbonyl (C=O) groups excluding carboxylic acids is 1. The third-order valence-corrected chi connectivity index (χ3v) is 5.89. The van der Waals surface area contributed by atoms with Gasteiger partial charge in [0.1, 0.15) is 5.75 Å². The van der Waals surface area contributed by atoms with Gasteiger partial charge in [-0.05, 0) is 30.9 Å². The standard InChI is InChI=1S/C17H25NO4S/c1-3-10-18(15-9-11-23(20,21)13-15)17(19)12-22-16-8-6-5-7-14(16)4-2/h5-8,15H,3-4,9-13H2,1-2H3. The smallest absolute Gasteiger partial charge is 0.260 e. The van der Waals surface area contributed by atoms with Gasteiger partial charge in [-0.25, -0.2) is 8.42 Å². The van der Waals surface area contributed by atoms with Crippen molar-refractivity contribution in [3.63, 3.8) is 0 Å². The number of aryl methyl sites for hydroxylation is 1. The molecule has 0 spiro atoms. The number of hydrogen-bond acceptors (Lipinski definition) is 4. The van der Waals surface area contributed by atoms with E-state index in [4.69, 9.17) is 4.74 Å². The fourth-order valence-corrected chi connectivity index (χ4v) is 4.66. The molecule has 1 fully saturated rings. The van der Waals surface area contributed by atoms with Crippen molar-refractivity contribution in [2.75, 3.05) is 24.7 Å². The summed E-state index contributed by atoms with van der Waals surface area (Å²) >= 11 is 0. The highest BCUT2D eigenvalue weighted by Gasteiger charge is 2.34. The van der Waals surface area contributed by atoms with Gasteiger partial charge in [-0.2, -0.15) is 0 Å². The molecule has 0 aliphatic carbocycles. The summed E-state index contributed by atoms with van der Waals surface area (Å²) in [4.78, 5) is 14.2. The number of hydrogen-bond donors (Lipinski definition) is 0. The Morgan fingerprint density at radius 3 is 2.65 bits per heavy atom. The van der Waals surface area contributed by atoms with Gasteiger partial charge in [0, 0.05) is 12.6 Å². The Kier molecular flexibility index (Phi) is 6.04. The van der Waals surface area contributed by atoms with Crippen molar-refractivity contribution in [3.8, 4) is 5.75 Å². The second-order valence-electron chi connectivity index (χ2n) is 5.89. The lowest BCUT2D eigenvalue weighted by Gasteiger charge is -2.28. The molecule has 0 aromatic heterocycles. The van der Waals surface area contributed by atoms with Crippen molar-refractivity contribution in [2.24, 2.45) is 0 Å². The molecule has 0 N–H and O–H groups in total. The van der Waals surface area contributed by atoms with Crippen LogP contribution in [-0.4, -0.2) is 49.9 Å². The topological polar surface area (TPSA) is 63.7 Å². The molecule has 23 heavy (non-hydrogen) atoms. The lowest BCUT2D eigenvalue weighted by atomic mass is 10.1. The van der Waals surface area contributed by atoms with Gasteiger partial charge in [0.2, 0.25) is 0 Å². The summed E-state index contributed by atoms with van der Waals surface area (Å²) in [5.41, 5.74) is 1.06. The molecule has 1 atom stereocenters. The number of amides is 1. The Hall–Kier alpha value is -1.56. The average molecular weight is 339 g/mol. The van der Waals surface area contributed by atoms with Crippen LogP contribution in [0.3, 0.4) is 0 Å². The predicted octanol–water partition coefficient (Wildman–Crippen LogP) is 2.05. The number of ether oxygens (including phenoxy) is 1. The van der Waals surface area contributed by atoms with Crippen molar-refractivity contribution in [1.29, 1.82) is 0 Å². The Bertz CT molecular complexity index is 642. The molecule has 6 heteroatoms. The van der Waals surface area contributed by atoms with E-state index in [1.165, 1.54) is 0 Å². The summed E-state index contributed by atoms with van der Waals surface area (Å²) < 4.78 is 29.0. The third kappa shape index (κ3) is 4.70. The van der Waals surface area contributed by atoms with Gasteiger partial charge >= 0.3 is 0 Å². The summed E-state index contributed by atoms with van der Waals surface area (Å²) in [6, 6.07) is 7.45. The molecule has 1 aromatic rings. The fourth-order valence-electron chi connectivity index (χ4n) is 2.93. The number of rotatable bonds is 7. The maximum Gasteiger partial charge on any atom is 0.260 e. The first-order valence-electron chi connectivity index (χ1n) is 8.17. The van der Waals surface area contributed by atoms with Crippen LogP contribution >= 0.6 is 0 Å². The van der Waals surface area contributed by atoms with E-state index in [2.05, 4.69) is 0 Å². The molecule has 0 radical (unpaired) electrons. The molecule has 1 aromatic carbocycles. The van der Waals surface area contributed by atoms with Gasteiger partial charge in [0.05, 0.1) is 11.5 Å². The SMILES string of the molecule is CCCN(C(=O)COc1ccccc1CC)C1CCS(=O)(=O)C1. The summed E-state index contributed by atoms with van der Waals surface area (Å²) in [7, 11) is -3.00. The molecule has 0 saturated carbocycles. The Morgan fingerprint density at radius 1 is 1.30 bits per heavy atom. The molecule has 1 unspecified atom stereocenters. The van der Waals surface area contributed by atoms with E-state index in [9.17, 15) is 13.2 Å². The maximum absolute atomic E-state index is 12.5. The first kappa shape index (κ1) is 17.8. The van der Waals surface area contributed by atoms with Crippen LogP contribution in [0.4, 0.5) is 0 Å². The number of benzene rings is 1. The molecule has 0 bridgehead atoms. The van der Waals surface area contributed by atoms with Gasteiger partial charge in [0.25, 0.3) is 5.91 Å². The summed E-state index contributed by atoms with van der Waals surface area (Å²) in [6.45, 7) is 4.54. The van der Waals surface area contributed by atoms with E-state index in [1.807, 2.05) is 38.1 Å². The molecule has 1 aliphatic rings. The fraction of sp³-hybridized carbons (Fsp3) is 0.588. The van der Waals surface area contributed by atoms with Crippen LogP contribution in [0.2, 0.25) is 0 Å². The first-order valence-corrected chi connectivity index (χ1v) is 9.99. The van der Waals surface area contributed by atoms with Crippen molar-refractivity contribution < 1.29 is 17.9 Å². The lowest BCUT2D eigenvalue weighted by Crippen LogP contribution is -2.44. The van der Waals surface area contributed by atoms with E-state index in [-0.39, 0.29) is 30.1 Å². The van der Waals surface area contributed by atoms with E-state index < -0.39 is 9.84 Å². The van der Waals surface area contributed by atoms with Gasteiger partial charge < -0.3 is 9.64 Å². The van der Waals surface area contributed by atoms with Gasteiger partial charge in [-0.3, -0.25) is 4.79 Å². The van der Waals surface area contributed by atoms with Crippen LogP contribution in [0.1, 0.15) is 32.3 Å². The van der Waals surface area contributed by atoms with Crippen molar-refractivity contribution in [2.45, 2.75) is 39.2 Å². The first-order chi connectivity index (χ1) is 11.0. The van der Waals surface area contributed by atoms with E-state index in [0.717, 1.165) is 24.2 Å². The van der Waals surface area contributed by atoms with Gasteiger partial charge in [-0.1, -0.05) is 32.0 Å². The lowest BCUT2D eigenvalue weighted by molar-refractivity contribution is -0.135. The number of nitrogens with zero attached hydrogens (tertiary/aromatic N) is 1. The zero-order valence-electron chi connectivity index (χ0n) is 13.8. The van der Waals surface area contributed by atoms with Crippen molar-refractivity contribution in [1.82, 2.24) is 4.90 Å². The van der Waals surface area contributed by atoms with E-state index in [0.29, 0.717) is 13.0 Å². The largest absolute Gasteiger partial charge is 0.483 e. The number of carbonyl (C=O) groups is 1. The molecule has 1 saturated heterocycles. The minimum atomic E-state index is -3.00. The predicted molar refractivity (Wildman–Crippen MR) is 90.4 cm³/mol. The zero-order valence-corrected chi connectivity index (χ0v) is 14.6. The van der Waals surface area contributed by atoms with Gasteiger partial charge in [0.15, 0.2) is 16.4 Å². The average Bonchev–Trinajstić information content (AvgIpc) is 2.90. The molecule has 1 aliphatic heterocycles. The van der Waals surface area contributed by atoms with E-state index >= 15 is 0 Å². The highest BCUT2D eigenvalue weighted by atomic mass is 32.2. The van der Waals surface area contributed by atoms with Crippen LogP contribution in [-0.2, 0) is 21.1 Å². The molecular formula is C17H25NO4S. The van der Waals surface area contributed by atoms with Crippen LogP contribution in [0, 0.1) is 0 Å². The number of para-hydroxylation sites is 1. The second kappa shape index (κ2) is 7.81. The Labute approximate surface area is 138 Å². The Balaban J connectivity index is 2.01. The van der Waals surface area contributed by atoms with Crippen molar-refractivity contribution in [3.05, 3.63) is 29.8 Å². The zero-order chi connectivity index (χ0) is 16.9. The van der Waals surface area contributed by atoms with Crippen LogP contribution in [0.25, 0.3) is 0 Å². The molecular weight excluding hydrogens is 314 g/mol. The minimum absolute atomic E-state index is 0.0481. The molecule has 1 heterocycles. The van der Waals surface area contributed by atoms with E-state index in [1.54, 1.807) is 4.90 Å². The normalized spacial score (nSPS) is 19.5. The minimum Gasteiger partial charge on any atom is -0.483 e. The highest BCUT2D eigenvalue weighted by molar-refractivity contribution is 7.91. The third-order valence-electron chi connectivity index (χ3n) is 4.14. The second-order valence-corrected chi connectivity index (χ2v) is 8.12. The summed E-state index contributed by atoms with van der Waals surface area (Å²) in [6.07, 6.45) is 2.16. The maximum atomic E-state index is 12.5. The summed E-state index contributed by atoms with van der Waals surface area (Å²) in [5, 5.41) is 0. The highest BCUT2D eigenvalue weighted by Crippen LogP contribution is 2.20. The van der Waals surface area contributed by atoms with Crippen LogP contribution in [0.15, 0.2) is 24.3 Å². The molecule has 128 valence electrons. The van der Waals surface area contributed by atoms with Crippen LogP contribution < -0.4 is 4.74 Å². The van der Waals surface area contributed by atoms with Gasteiger partial charge in [-0.15, -0.1) is 0 Å². The molecule has 2 rings (SSSR count). The number of sulfone groups is 1. The van der Waals surface area contributed by atoms with Crippen LogP contribution in [0.5, 0.6) is 5.75 Å². The monoisotopic (exact) mass is 339 g/mol. The Morgan fingerprint density at radius 2 is 2.04 bits per heavy atom. The summed E-state index contributed by atoms with van der Waals surface area (Å²) in [5.74, 6) is 0.827. The quantitative estimate of drug-likeness (QED) is 0.763. The molecule has 1 amide bonds.